The van der Waals surface area contributed by atoms with Gasteiger partial charge in [-0.2, -0.15) is 0 Å². The molecule has 0 rings (SSSR count). The molecule has 0 aromatic heterocycles. The van der Waals surface area contributed by atoms with E-state index in [4.69, 9.17) is 10.4 Å². The molecule has 0 heterocycles. The summed E-state index contributed by atoms with van der Waals surface area (Å²) in [6, 6.07) is 0. The maximum Gasteiger partial charge on any atom is 0.400 e. The molecule has 74 valence electrons. The van der Waals surface area contributed by atoms with Crippen LogP contribution < -0.4 is 5.50 Å². The van der Waals surface area contributed by atoms with Crippen molar-refractivity contribution in [1.82, 2.24) is 0 Å². The Morgan fingerprint density at radius 1 is 1.58 bits per heavy atom. The lowest BCUT2D eigenvalue weighted by molar-refractivity contribution is 0.201. The van der Waals surface area contributed by atoms with E-state index in [0.717, 1.165) is 12.8 Å². The van der Waals surface area contributed by atoms with Crippen LogP contribution in [-0.2, 0) is 9.09 Å². The molecule has 0 aromatic rings. The molecular weight excluding hydrogens is 177 g/mol. The third kappa shape index (κ3) is 6.80. The zero-order chi connectivity index (χ0) is 9.83. The molecule has 0 amide bonds. The number of rotatable bonds is 5. The SMILES string of the molecule is CCC(C)(C)CCOP(N)(=O)O. The van der Waals surface area contributed by atoms with Gasteiger partial charge in [-0.1, -0.05) is 27.2 Å². The second-order valence-corrected chi connectivity index (χ2v) is 5.05. The van der Waals surface area contributed by atoms with E-state index in [0.29, 0.717) is 0 Å². The first-order valence-corrected chi connectivity index (χ1v) is 5.67. The summed E-state index contributed by atoms with van der Waals surface area (Å²) < 4.78 is 15.1. The predicted octanol–water partition coefficient (Wildman–Crippen LogP) is 1.89. The van der Waals surface area contributed by atoms with Crippen LogP contribution >= 0.6 is 7.75 Å². The van der Waals surface area contributed by atoms with Crippen LogP contribution in [0.5, 0.6) is 0 Å². The summed E-state index contributed by atoms with van der Waals surface area (Å²) in [4.78, 5) is 8.60. The summed E-state index contributed by atoms with van der Waals surface area (Å²) in [5.41, 5.74) is 4.94. The smallest absolute Gasteiger partial charge is 0.313 e. The van der Waals surface area contributed by atoms with Gasteiger partial charge in [0.15, 0.2) is 0 Å². The van der Waals surface area contributed by atoms with E-state index in [-0.39, 0.29) is 12.0 Å². The molecule has 0 aliphatic carbocycles. The average Bonchev–Trinajstić information content (AvgIpc) is 1.84. The summed E-state index contributed by atoms with van der Waals surface area (Å²) in [5, 5.41) is 0. The van der Waals surface area contributed by atoms with Crippen molar-refractivity contribution in [3.63, 3.8) is 0 Å². The highest BCUT2D eigenvalue weighted by Crippen LogP contribution is 2.33. The van der Waals surface area contributed by atoms with E-state index >= 15 is 0 Å². The lowest BCUT2D eigenvalue weighted by Gasteiger charge is -2.22. The molecule has 12 heavy (non-hydrogen) atoms. The number of nitrogens with two attached hydrogens (primary N) is 1. The van der Waals surface area contributed by atoms with Gasteiger partial charge in [0, 0.05) is 0 Å². The normalized spacial score (nSPS) is 17.4. The topological polar surface area (TPSA) is 72.5 Å². The third-order valence-corrected chi connectivity index (χ3v) is 2.56. The monoisotopic (exact) mass is 195 g/mol. The van der Waals surface area contributed by atoms with E-state index in [1.165, 1.54) is 0 Å². The lowest BCUT2D eigenvalue weighted by Crippen LogP contribution is -2.13. The minimum atomic E-state index is -3.76. The zero-order valence-corrected chi connectivity index (χ0v) is 8.80. The molecule has 0 radical (unpaired) electrons. The molecule has 0 fully saturated rings. The van der Waals surface area contributed by atoms with Crippen molar-refractivity contribution in [2.75, 3.05) is 6.61 Å². The van der Waals surface area contributed by atoms with Crippen LogP contribution in [-0.4, -0.2) is 11.5 Å². The Bertz CT molecular complexity index is 175. The van der Waals surface area contributed by atoms with Crippen LogP contribution in [0, 0.1) is 5.41 Å². The standard InChI is InChI=1S/C7H18NO3P/c1-4-7(2,3)5-6-11-12(8,9)10/h4-6H2,1-3H3,(H3,8,9,10). The summed E-state index contributed by atoms with van der Waals surface area (Å²) in [5.74, 6) is 0. The maximum atomic E-state index is 10.5. The van der Waals surface area contributed by atoms with Crippen molar-refractivity contribution in [2.24, 2.45) is 10.9 Å². The third-order valence-electron chi connectivity index (χ3n) is 2.01. The minimum absolute atomic E-state index is 0.148. The molecule has 1 atom stereocenters. The first kappa shape index (κ1) is 12.1. The van der Waals surface area contributed by atoms with E-state index in [9.17, 15) is 4.57 Å². The van der Waals surface area contributed by atoms with Gasteiger partial charge in [0.25, 0.3) is 0 Å². The molecule has 0 bridgehead atoms. The van der Waals surface area contributed by atoms with Gasteiger partial charge in [-0.15, -0.1) is 0 Å². The van der Waals surface area contributed by atoms with Crippen LogP contribution in [0.15, 0.2) is 0 Å². The lowest BCUT2D eigenvalue weighted by atomic mass is 9.87. The maximum absolute atomic E-state index is 10.5. The highest BCUT2D eigenvalue weighted by atomic mass is 31.2. The number of hydrogen-bond acceptors (Lipinski definition) is 2. The predicted molar refractivity (Wildman–Crippen MR) is 48.7 cm³/mol. The fourth-order valence-corrected chi connectivity index (χ4v) is 0.982. The summed E-state index contributed by atoms with van der Waals surface area (Å²) in [6.45, 7) is 6.47. The van der Waals surface area contributed by atoms with Crippen molar-refractivity contribution >= 4 is 7.75 Å². The van der Waals surface area contributed by atoms with E-state index < -0.39 is 7.75 Å². The van der Waals surface area contributed by atoms with Crippen molar-refractivity contribution < 1.29 is 14.0 Å². The molecular formula is C7H18NO3P. The molecule has 3 N–H and O–H groups in total. The second-order valence-electron chi connectivity index (χ2n) is 3.67. The molecule has 0 aliphatic rings. The van der Waals surface area contributed by atoms with Crippen LogP contribution in [0.2, 0.25) is 0 Å². The van der Waals surface area contributed by atoms with Gasteiger partial charge in [0.2, 0.25) is 0 Å². The Morgan fingerprint density at radius 3 is 2.42 bits per heavy atom. The van der Waals surface area contributed by atoms with Crippen molar-refractivity contribution in [3.05, 3.63) is 0 Å². The molecule has 0 aromatic carbocycles. The molecule has 0 saturated heterocycles. The second kappa shape index (κ2) is 4.38. The van der Waals surface area contributed by atoms with Gasteiger partial charge in [0.1, 0.15) is 0 Å². The summed E-state index contributed by atoms with van der Waals surface area (Å²) in [6.07, 6.45) is 1.75. The Morgan fingerprint density at radius 2 is 2.08 bits per heavy atom. The first-order valence-electron chi connectivity index (χ1n) is 4.03. The Kier molecular flexibility index (Phi) is 4.42. The van der Waals surface area contributed by atoms with E-state index in [1.807, 2.05) is 0 Å². The van der Waals surface area contributed by atoms with Crippen LogP contribution in [0.4, 0.5) is 0 Å². The minimum Gasteiger partial charge on any atom is -0.313 e. The highest BCUT2D eigenvalue weighted by Gasteiger charge is 2.17. The van der Waals surface area contributed by atoms with Gasteiger partial charge in [-0.25, -0.2) is 10.1 Å². The quantitative estimate of drug-likeness (QED) is 0.657. The van der Waals surface area contributed by atoms with Gasteiger partial charge in [-0.05, 0) is 11.8 Å². The average molecular weight is 195 g/mol. The van der Waals surface area contributed by atoms with Crippen molar-refractivity contribution in [1.29, 1.82) is 0 Å². The van der Waals surface area contributed by atoms with Gasteiger partial charge in [-0.3, -0.25) is 4.52 Å². The summed E-state index contributed by atoms with van der Waals surface area (Å²) >= 11 is 0. The van der Waals surface area contributed by atoms with Gasteiger partial charge >= 0.3 is 7.75 Å². The molecule has 0 aliphatic heterocycles. The molecule has 0 saturated carbocycles. The van der Waals surface area contributed by atoms with Crippen molar-refractivity contribution in [2.45, 2.75) is 33.6 Å². The van der Waals surface area contributed by atoms with Crippen LogP contribution in [0.1, 0.15) is 33.6 Å². The molecule has 0 spiro atoms. The van der Waals surface area contributed by atoms with E-state index in [1.54, 1.807) is 0 Å². The Labute approximate surface area is 73.7 Å². The van der Waals surface area contributed by atoms with Crippen LogP contribution in [0.3, 0.4) is 0 Å². The van der Waals surface area contributed by atoms with Crippen LogP contribution in [0.25, 0.3) is 0 Å². The summed E-state index contributed by atoms with van der Waals surface area (Å²) in [7, 11) is -3.76. The van der Waals surface area contributed by atoms with Gasteiger partial charge < -0.3 is 4.89 Å². The number of hydrogen-bond donors (Lipinski definition) is 2. The molecule has 4 nitrogen and oxygen atoms in total. The zero-order valence-electron chi connectivity index (χ0n) is 7.91. The van der Waals surface area contributed by atoms with Crippen molar-refractivity contribution in [3.8, 4) is 0 Å². The fourth-order valence-electron chi connectivity index (χ4n) is 0.630. The van der Waals surface area contributed by atoms with Gasteiger partial charge in [0.05, 0.1) is 6.61 Å². The molecule has 5 heteroatoms. The Hall–Kier alpha value is 0.110. The largest absolute Gasteiger partial charge is 0.400 e. The first-order chi connectivity index (χ1) is 5.27. The molecule has 1 unspecified atom stereocenters. The fraction of sp³-hybridized carbons (Fsp3) is 1.00. The van der Waals surface area contributed by atoms with E-state index in [2.05, 4.69) is 25.3 Å². The Balaban J connectivity index is 3.64. The highest BCUT2D eigenvalue weighted by molar-refractivity contribution is 7.50.